The van der Waals surface area contributed by atoms with Crippen molar-refractivity contribution in [3.05, 3.63) is 23.0 Å². The second-order valence-corrected chi connectivity index (χ2v) is 5.11. The monoisotopic (exact) mass is 234 g/mol. The maximum atomic E-state index is 9.13. The molecule has 0 saturated heterocycles. The molecule has 2 unspecified atom stereocenters. The second kappa shape index (κ2) is 3.51. The number of aryl methyl sites for hydroxylation is 1. The predicted molar refractivity (Wildman–Crippen MR) is 63.5 cm³/mol. The third-order valence-corrected chi connectivity index (χ3v) is 3.85. The van der Waals surface area contributed by atoms with Gasteiger partial charge in [0, 0.05) is 17.1 Å². The Morgan fingerprint density at radius 2 is 2.25 bits per heavy atom. The topological polar surface area (TPSA) is 66.2 Å². The summed E-state index contributed by atoms with van der Waals surface area (Å²) in [7, 11) is -1.23. The van der Waals surface area contributed by atoms with E-state index < -0.39 is 7.12 Å². The van der Waals surface area contributed by atoms with E-state index in [9.17, 15) is 0 Å². The Morgan fingerprint density at radius 3 is 2.94 bits per heavy atom. The van der Waals surface area contributed by atoms with Crippen molar-refractivity contribution in [2.45, 2.75) is 25.1 Å². The number of rotatable bonds is 2. The minimum atomic E-state index is -1.23. The van der Waals surface area contributed by atoms with E-state index in [2.05, 4.69) is 9.97 Å². The molecule has 1 aliphatic carbocycles. The molecule has 0 bridgehead atoms. The van der Waals surface area contributed by atoms with Crippen molar-refractivity contribution in [1.82, 2.24) is 9.97 Å². The third-order valence-electron chi connectivity index (χ3n) is 3.04. The van der Waals surface area contributed by atoms with Crippen LogP contribution in [0, 0.1) is 6.92 Å². The highest BCUT2D eigenvalue weighted by molar-refractivity contribution is 7.16. The molecule has 0 radical (unpaired) electrons. The van der Waals surface area contributed by atoms with E-state index in [1.165, 1.54) is 0 Å². The summed E-state index contributed by atoms with van der Waals surface area (Å²) in [5.74, 6) is 0.874. The summed E-state index contributed by atoms with van der Waals surface area (Å²) in [4.78, 5) is 9.79. The molecule has 0 amide bonds. The average molecular weight is 234 g/mol. The van der Waals surface area contributed by atoms with E-state index in [0.29, 0.717) is 0 Å². The van der Waals surface area contributed by atoms with Gasteiger partial charge in [-0.2, -0.15) is 0 Å². The van der Waals surface area contributed by atoms with Gasteiger partial charge in [-0.25, -0.2) is 9.97 Å². The molecule has 4 nitrogen and oxygen atoms in total. The van der Waals surface area contributed by atoms with Crippen LogP contribution in [0.25, 0.3) is 10.2 Å². The van der Waals surface area contributed by atoms with Crippen LogP contribution in [0.5, 0.6) is 0 Å². The molecular weight excluding hydrogens is 223 g/mol. The number of thiophene rings is 1. The minimum absolute atomic E-state index is 0.0580. The van der Waals surface area contributed by atoms with Crippen LogP contribution in [0.1, 0.15) is 23.9 Å². The molecule has 2 N–H and O–H groups in total. The Kier molecular flexibility index (Phi) is 2.24. The number of nitrogens with zero attached hydrogens (tertiary/aromatic N) is 2. The molecule has 1 saturated carbocycles. The molecule has 2 aromatic rings. The fraction of sp³-hybridized carbons (Fsp3) is 0.400. The van der Waals surface area contributed by atoms with E-state index in [1.54, 1.807) is 11.3 Å². The van der Waals surface area contributed by atoms with Crippen molar-refractivity contribution in [3.8, 4) is 0 Å². The molecule has 6 heteroatoms. The van der Waals surface area contributed by atoms with Crippen LogP contribution < -0.4 is 0 Å². The van der Waals surface area contributed by atoms with E-state index in [1.807, 2.05) is 18.4 Å². The fourth-order valence-electron chi connectivity index (χ4n) is 2.13. The lowest BCUT2D eigenvalue weighted by Gasteiger charge is -2.02. The summed E-state index contributed by atoms with van der Waals surface area (Å²) in [5.41, 5.74) is 0.974. The van der Waals surface area contributed by atoms with Crippen molar-refractivity contribution in [3.63, 3.8) is 0 Å². The van der Waals surface area contributed by atoms with Crippen molar-refractivity contribution >= 4 is 28.7 Å². The summed E-state index contributed by atoms with van der Waals surface area (Å²) in [5, 5.41) is 21.3. The molecule has 1 fully saturated rings. The fourth-order valence-corrected chi connectivity index (χ4v) is 2.95. The molecule has 3 rings (SSSR count). The van der Waals surface area contributed by atoms with E-state index >= 15 is 0 Å². The molecular formula is C10H11BN2O2S. The van der Waals surface area contributed by atoms with Crippen molar-refractivity contribution in [2.24, 2.45) is 0 Å². The maximum Gasteiger partial charge on any atom is 0.455 e. The Labute approximate surface area is 97.1 Å². The first-order valence-corrected chi connectivity index (χ1v) is 6.12. The van der Waals surface area contributed by atoms with Gasteiger partial charge in [-0.1, -0.05) is 0 Å². The predicted octanol–water partition coefficient (Wildman–Crippen LogP) is 1.33. The van der Waals surface area contributed by atoms with Crippen LogP contribution in [0.4, 0.5) is 0 Å². The highest BCUT2D eigenvalue weighted by Crippen LogP contribution is 2.54. The SMILES string of the molecule is Cc1nc(C2CC2B(O)O)c2ccsc2n1. The van der Waals surface area contributed by atoms with Crippen LogP contribution in [0.2, 0.25) is 5.82 Å². The number of fused-ring (bicyclic) bond motifs is 1. The lowest BCUT2D eigenvalue weighted by Crippen LogP contribution is -2.11. The molecule has 2 heterocycles. The van der Waals surface area contributed by atoms with E-state index in [0.717, 1.165) is 28.2 Å². The first-order chi connectivity index (χ1) is 7.66. The molecule has 0 aromatic carbocycles. The zero-order chi connectivity index (χ0) is 11.3. The molecule has 16 heavy (non-hydrogen) atoms. The normalized spacial score (nSPS) is 23.7. The summed E-state index contributed by atoms with van der Waals surface area (Å²) >= 11 is 1.59. The molecule has 0 spiro atoms. The Balaban J connectivity index is 2.07. The molecule has 2 aromatic heterocycles. The van der Waals surface area contributed by atoms with Gasteiger partial charge < -0.3 is 10.0 Å². The van der Waals surface area contributed by atoms with Gasteiger partial charge in [0.1, 0.15) is 10.7 Å². The Morgan fingerprint density at radius 1 is 1.44 bits per heavy atom. The standard InChI is InChI=1S/C10H11BN2O2S/c1-5-12-9(7-4-8(7)11(14)15)6-2-3-16-10(6)13-5/h2-3,7-8,14-15H,4H2,1H3. The lowest BCUT2D eigenvalue weighted by atomic mass is 9.81. The summed E-state index contributed by atoms with van der Waals surface area (Å²) < 4.78 is 0. The number of aromatic nitrogens is 2. The number of hydrogen-bond donors (Lipinski definition) is 2. The second-order valence-electron chi connectivity index (χ2n) is 4.22. The highest BCUT2D eigenvalue weighted by atomic mass is 32.1. The molecule has 0 aliphatic heterocycles. The number of hydrogen-bond acceptors (Lipinski definition) is 5. The van der Waals surface area contributed by atoms with Gasteiger partial charge in [0.25, 0.3) is 0 Å². The van der Waals surface area contributed by atoms with Crippen LogP contribution in [0.3, 0.4) is 0 Å². The largest absolute Gasteiger partial charge is 0.455 e. The zero-order valence-corrected chi connectivity index (χ0v) is 9.61. The molecule has 2 atom stereocenters. The first kappa shape index (κ1) is 10.2. The van der Waals surface area contributed by atoms with Gasteiger partial charge in [-0.3, -0.25) is 0 Å². The van der Waals surface area contributed by atoms with Gasteiger partial charge >= 0.3 is 7.12 Å². The van der Waals surface area contributed by atoms with Gasteiger partial charge in [0.05, 0.1) is 5.69 Å². The first-order valence-electron chi connectivity index (χ1n) is 5.24. The Bertz CT molecular complexity index is 543. The summed E-state index contributed by atoms with van der Waals surface area (Å²) in [6.07, 6.45) is 0.805. The van der Waals surface area contributed by atoms with E-state index in [-0.39, 0.29) is 11.7 Å². The summed E-state index contributed by atoms with van der Waals surface area (Å²) in [6.45, 7) is 1.87. The molecule has 82 valence electrons. The maximum absolute atomic E-state index is 9.13. The van der Waals surface area contributed by atoms with Crippen molar-refractivity contribution in [1.29, 1.82) is 0 Å². The highest BCUT2D eigenvalue weighted by Gasteiger charge is 2.48. The molecule has 1 aliphatic rings. The van der Waals surface area contributed by atoms with Crippen LogP contribution in [-0.2, 0) is 0 Å². The third kappa shape index (κ3) is 1.54. The van der Waals surface area contributed by atoms with Crippen molar-refractivity contribution in [2.75, 3.05) is 0 Å². The zero-order valence-electron chi connectivity index (χ0n) is 8.79. The minimum Gasteiger partial charge on any atom is -0.427 e. The lowest BCUT2D eigenvalue weighted by molar-refractivity contribution is 0.402. The summed E-state index contributed by atoms with van der Waals surface area (Å²) in [6, 6.07) is 2.01. The van der Waals surface area contributed by atoms with Crippen molar-refractivity contribution < 1.29 is 10.0 Å². The van der Waals surface area contributed by atoms with Gasteiger partial charge in [0.2, 0.25) is 0 Å². The van der Waals surface area contributed by atoms with Crippen LogP contribution in [0.15, 0.2) is 11.4 Å². The van der Waals surface area contributed by atoms with Gasteiger partial charge in [-0.15, -0.1) is 11.3 Å². The Hall–Kier alpha value is -0.975. The van der Waals surface area contributed by atoms with E-state index in [4.69, 9.17) is 10.0 Å². The van der Waals surface area contributed by atoms with Gasteiger partial charge in [-0.05, 0) is 24.8 Å². The average Bonchev–Trinajstić information content (AvgIpc) is 2.89. The van der Waals surface area contributed by atoms with Crippen LogP contribution in [-0.4, -0.2) is 27.1 Å². The smallest absolute Gasteiger partial charge is 0.427 e. The quantitative estimate of drug-likeness (QED) is 0.769. The van der Waals surface area contributed by atoms with Crippen LogP contribution >= 0.6 is 11.3 Å². The van der Waals surface area contributed by atoms with Gasteiger partial charge in [0.15, 0.2) is 0 Å².